The van der Waals surface area contributed by atoms with Gasteiger partial charge in [0.05, 0.1) is 18.2 Å². The number of fused-ring (bicyclic) bond motifs is 5. The number of nitrogens with one attached hydrogen (secondary N) is 1. The molecule has 33 heavy (non-hydrogen) atoms. The van der Waals surface area contributed by atoms with Gasteiger partial charge in [-0.05, 0) is 50.1 Å². The van der Waals surface area contributed by atoms with Crippen LogP contribution in [0.1, 0.15) is 44.4 Å². The molecule has 2 aromatic carbocycles. The standard InChI is InChI=1S/C27H32N2O4/c1-17-16-27(2,3)28-19-14-13-18-24-20(31-6)11-9-12-21(24)33-22(25(18)23(17)19)10-7-8-15-32-26(30)29(4)5/h7-9,11-14,16,22,28H,10,15H2,1-6H3/b8-7+. The van der Waals surface area contributed by atoms with Gasteiger partial charge in [0, 0.05) is 37.3 Å². The van der Waals surface area contributed by atoms with E-state index in [1.807, 2.05) is 30.4 Å². The molecule has 2 aliphatic rings. The Morgan fingerprint density at radius 3 is 2.70 bits per heavy atom. The van der Waals surface area contributed by atoms with Gasteiger partial charge in [0.1, 0.15) is 24.2 Å². The molecule has 0 radical (unpaired) electrons. The van der Waals surface area contributed by atoms with E-state index in [1.54, 1.807) is 21.2 Å². The molecule has 0 fully saturated rings. The Morgan fingerprint density at radius 2 is 1.97 bits per heavy atom. The fourth-order valence-corrected chi connectivity index (χ4v) is 4.66. The lowest BCUT2D eigenvalue weighted by molar-refractivity contribution is 0.129. The summed E-state index contributed by atoms with van der Waals surface area (Å²) in [5, 5.41) is 3.65. The second-order valence-electron chi connectivity index (χ2n) is 9.24. The van der Waals surface area contributed by atoms with Crippen molar-refractivity contribution in [1.82, 2.24) is 4.90 Å². The van der Waals surface area contributed by atoms with Crippen molar-refractivity contribution in [3.63, 3.8) is 0 Å². The van der Waals surface area contributed by atoms with Crippen LogP contribution in [0.4, 0.5) is 10.5 Å². The lowest BCUT2D eigenvalue weighted by Gasteiger charge is -2.37. The zero-order valence-electron chi connectivity index (χ0n) is 20.2. The quantitative estimate of drug-likeness (QED) is 0.565. The molecule has 0 aromatic heterocycles. The highest BCUT2D eigenvalue weighted by Crippen LogP contribution is 2.52. The average molecular weight is 449 g/mol. The molecule has 2 aliphatic heterocycles. The Bertz CT molecular complexity index is 1130. The highest BCUT2D eigenvalue weighted by molar-refractivity contribution is 5.91. The fraction of sp³-hybridized carbons (Fsp3) is 0.370. The zero-order valence-corrected chi connectivity index (χ0v) is 20.2. The van der Waals surface area contributed by atoms with Crippen LogP contribution in [-0.2, 0) is 4.74 Å². The van der Waals surface area contributed by atoms with Crippen LogP contribution in [-0.4, -0.2) is 44.3 Å². The lowest BCUT2D eigenvalue weighted by atomic mass is 9.81. The maximum atomic E-state index is 11.6. The van der Waals surface area contributed by atoms with Crippen molar-refractivity contribution in [2.45, 2.75) is 38.8 Å². The van der Waals surface area contributed by atoms with Crippen LogP contribution >= 0.6 is 0 Å². The number of nitrogens with zero attached hydrogens (tertiary/aromatic N) is 1. The summed E-state index contributed by atoms with van der Waals surface area (Å²) in [4.78, 5) is 13.0. The minimum atomic E-state index is -0.358. The number of rotatable bonds is 5. The summed E-state index contributed by atoms with van der Waals surface area (Å²) < 4.78 is 17.4. The predicted octanol–water partition coefficient (Wildman–Crippen LogP) is 6.05. The number of anilines is 1. The number of carbonyl (C=O) groups excluding carboxylic acids is 1. The SMILES string of the molecule is COc1cccc2c1-c1ccc3c(c1C(C/C=C/COC(=O)N(C)C)O2)C(C)=CC(C)(C)N3. The van der Waals surface area contributed by atoms with E-state index in [2.05, 4.69) is 44.3 Å². The number of hydrogen-bond donors (Lipinski definition) is 1. The molecule has 0 aliphatic carbocycles. The molecule has 2 heterocycles. The van der Waals surface area contributed by atoms with Crippen LogP contribution in [0.2, 0.25) is 0 Å². The topological polar surface area (TPSA) is 60.0 Å². The van der Waals surface area contributed by atoms with Gasteiger partial charge in [-0.15, -0.1) is 0 Å². The van der Waals surface area contributed by atoms with Gasteiger partial charge in [0.15, 0.2) is 0 Å². The van der Waals surface area contributed by atoms with Crippen molar-refractivity contribution >= 4 is 17.4 Å². The first kappa shape index (κ1) is 22.8. The molecule has 2 aromatic rings. The summed E-state index contributed by atoms with van der Waals surface area (Å²) >= 11 is 0. The number of allylic oxidation sites excluding steroid dienone is 1. The molecule has 0 spiro atoms. The third kappa shape index (κ3) is 4.42. The van der Waals surface area contributed by atoms with Crippen molar-refractivity contribution in [3.05, 3.63) is 59.7 Å². The average Bonchev–Trinajstić information content (AvgIpc) is 2.76. The summed E-state index contributed by atoms with van der Waals surface area (Å²) in [6.45, 7) is 6.72. The highest BCUT2D eigenvalue weighted by atomic mass is 16.6. The van der Waals surface area contributed by atoms with Crippen LogP contribution < -0.4 is 14.8 Å². The second-order valence-corrected chi connectivity index (χ2v) is 9.24. The minimum absolute atomic E-state index is 0.123. The Kier molecular flexibility index (Phi) is 6.11. The Balaban J connectivity index is 1.73. The van der Waals surface area contributed by atoms with E-state index in [0.29, 0.717) is 6.42 Å². The maximum absolute atomic E-state index is 11.6. The smallest absolute Gasteiger partial charge is 0.409 e. The van der Waals surface area contributed by atoms with Crippen molar-refractivity contribution in [2.24, 2.45) is 0 Å². The largest absolute Gasteiger partial charge is 0.496 e. The van der Waals surface area contributed by atoms with Gasteiger partial charge >= 0.3 is 6.09 Å². The summed E-state index contributed by atoms with van der Waals surface area (Å²) in [6, 6.07) is 10.2. The van der Waals surface area contributed by atoms with E-state index in [9.17, 15) is 4.79 Å². The molecular weight excluding hydrogens is 416 g/mol. The first-order valence-corrected chi connectivity index (χ1v) is 11.2. The van der Waals surface area contributed by atoms with E-state index < -0.39 is 0 Å². The molecule has 1 atom stereocenters. The van der Waals surface area contributed by atoms with Crippen LogP contribution in [0, 0.1) is 0 Å². The first-order valence-electron chi connectivity index (χ1n) is 11.2. The number of amides is 1. The van der Waals surface area contributed by atoms with Crippen molar-refractivity contribution in [3.8, 4) is 22.6 Å². The lowest BCUT2D eigenvalue weighted by Crippen LogP contribution is -2.32. The molecular formula is C27H32N2O4. The molecule has 4 rings (SSSR count). The Morgan fingerprint density at radius 1 is 1.18 bits per heavy atom. The molecule has 174 valence electrons. The Hall–Kier alpha value is -3.41. The van der Waals surface area contributed by atoms with E-state index in [4.69, 9.17) is 14.2 Å². The molecule has 0 saturated heterocycles. The molecule has 1 amide bonds. The molecule has 6 nitrogen and oxygen atoms in total. The number of ether oxygens (including phenoxy) is 3. The van der Waals surface area contributed by atoms with E-state index in [-0.39, 0.29) is 24.3 Å². The van der Waals surface area contributed by atoms with Gasteiger partial charge in [0.25, 0.3) is 0 Å². The first-order chi connectivity index (χ1) is 15.7. The highest BCUT2D eigenvalue weighted by Gasteiger charge is 2.34. The summed E-state index contributed by atoms with van der Waals surface area (Å²) in [5.74, 6) is 1.61. The monoisotopic (exact) mass is 448 g/mol. The maximum Gasteiger partial charge on any atom is 0.409 e. The van der Waals surface area contributed by atoms with Gasteiger partial charge in [-0.25, -0.2) is 4.79 Å². The van der Waals surface area contributed by atoms with Gasteiger partial charge in [-0.3, -0.25) is 0 Å². The van der Waals surface area contributed by atoms with Gasteiger partial charge in [-0.2, -0.15) is 0 Å². The van der Waals surface area contributed by atoms with E-state index in [1.165, 1.54) is 16.0 Å². The molecule has 6 heteroatoms. The molecule has 1 N–H and O–H groups in total. The fourth-order valence-electron chi connectivity index (χ4n) is 4.66. The van der Waals surface area contributed by atoms with Crippen molar-refractivity contribution in [2.75, 3.05) is 33.1 Å². The number of carbonyl (C=O) groups is 1. The van der Waals surface area contributed by atoms with Gasteiger partial charge in [0.2, 0.25) is 0 Å². The van der Waals surface area contributed by atoms with Gasteiger partial charge < -0.3 is 24.4 Å². The number of benzene rings is 2. The predicted molar refractivity (Wildman–Crippen MR) is 132 cm³/mol. The molecule has 0 bridgehead atoms. The van der Waals surface area contributed by atoms with Gasteiger partial charge in [-0.1, -0.05) is 30.4 Å². The zero-order chi connectivity index (χ0) is 23.8. The third-order valence-electron chi connectivity index (χ3n) is 5.93. The van der Waals surface area contributed by atoms with Crippen LogP contribution in [0.25, 0.3) is 16.7 Å². The number of methoxy groups -OCH3 is 1. The van der Waals surface area contributed by atoms with Crippen molar-refractivity contribution in [1.29, 1.82) is 0 Å². The molecule has 1 unspecified atom stereocenters. The Labute approximate surface area is 195 Å². The summed E-state index contributed by atoms with van der Waals surface area (Å²) in [7, 11) is 5.02. The van der Waals surface area contributed by atoms with Crippen LogP contribution in [0.5, 0.6) is 11.5 Å². The third-order valence-corrected chi connectivity index (χ3v) is 5.93. The second kappa shape index (κ2) is 8.85. The van der Waals surface area contributed by atoms with E-state index in [0.717, 1.165) is 33.9 Å². The van der Waals surface area contributed by atoms with Crippen molar-refractivity contribution < 1.29 is 19.0 Å². The molecule has 0 saturated carbocycles. The normalized spacial score (nSPS) is 17.6. The minimum Gasteiger partial charge on any atom is -0.496 e. The number of hydrogen-bond acceptors (Lipinski definition) is 5. The summed E-state index contributed by atoms with van der Waals surface area (Å²) in [5.41, 5.74) is 6.64. The van der Waals surface area contributed by atoms with E-state index >= 15 is 0 Å². The summed E-state index contributed by atoms with van der Waals surface area (Å²) in [6.07, 6.45) is 6.26. The van der Waals surface area contributed by atoms with Crippen LogP contribution in [0.3, 0.4) is 0 Å². The van der Waals surface area contributed by atoms with Crippen LogP contribution in [0.15, 0.2) is 48.6 Å².